The van der Waals surface area contributed by atoms with Crippen molar-refractivity contribution < 1.29 is 29.6 Å². The Balaban J connectivity index is 1.04. The normalized spacial score (nSPS) is 37.9. The van der Waals surface area contributed by atoms with Crippen LogP contribution in [0.2, 0.25) is 0 Å². The molecule has 0 spiro atoms. The van der Waals surface area contributed by atoms with Crippen LogP contribution in [0.4, 0.5) is 0 Å². The number of hydrogen-bond acceptors (Lipinski definition) is 6. The number of carbonyl (C=O) groups is 2. The first kappa shape index (κ1) is 42.6. The Kier molecular flexibility index (Phi) is 15.4. The number of ether oxygens (including phenoxy) is 1. The summed E-state index contributed by atoms with van der Waals surface area (Å²) >= 11 is 0. The van der Waals surface area contributed by atoms with Crippen LogP contribution in [0, 0.1) is 58.2 Å². The highest BCUT2D eigenvalue weighted by atomic mass is 16.5. The molecule has 5 rings (SSSR count). The van der Waals surface area contributed by atoms with Gasteiger partial charge < -0.3 is 20.1 Å². The third-order valence-corrected chi connectivity index (χ3v) is 15.7. The van der Waals surface area contributed by atoms with Gasteiger partial charge in [0, 0.05) is 43.9 Å². The highest BCUT2D eigenvalue weighted by Crippen LogP contribution is 2.67. The minimum absolute atomic E-state index is 0.0400. The fourth-order valence-electron chi connectivity index (χ4n) is 12.6. The van der Waals surface area contributed by atoms with Crippen LogP contribution in [0.3, 0.4) is 0 Å². The van der Waals surface area contributed by atoms with Crippen molar-refractivity contribution in [3.63, 3.8) is 0 Å². The van der Waals surface area contributed by atoms with Crippen molar-refractivity contribution in [1.29, 1.82) is 0 Å². The molecule has 6 nitrogen and oxygen atoms in total. The average molecular weight is 739 g/mol. The fraction of sp³-hybridized carbons (Fsp3) is 0.872. The highest BCUT2D eigenvalue weighted by Gasteiger charge is 2.59. The number of fused-ring (bicyclic) bond motifs is 5. The topological polar surface area (TPSA) is 104 Å². The monoisotopic (exact) mass is 739 g/mol. The van der Waals surface area contributed by atoms with Crippen LogP contribution >= 0.6 is 0 Å². The quantitative estimate of drug-likeness (QED) is 0.0693. The number of hydrogen-bond donors (Lipinski definition) is 3. The number of aliphatic hydroxyl groups excluding tert-OH is 3. The van der Waals surface area contributed by atoms with Crippen LogP contribution in [-0.4, -0.2) is 51.5 Å². The zero-order valence-corrected chi connectivity index (χ0v) is 34.6. The van der Waals surface area contributed by atoms with Crippen LogP contribution in [-0.2, 0) is 14.3 Å². The van der Waals surface area contributed by atoms with Gasteiger partial charge >= 0.3 is 5.97 Å². The maximum Gasteiger partial charge on any atom is 0.306 e. The molecule has 4 saturated carbocycles. The molecule has 0 aromatic rings. The third kappa shape index (κ3) is 10.3. The summed E-state index contributed by atoms with van der Waals surface area (Å²) in [6.45, 7) is 14.6. The smallest absolute Gasteiger partial charge is 0.306 e. The van der Waals surface area contributed by atoms with Crippen molar-refractivity contribution in [2.24, 2.45) is 58.2 Å². The van der Waals surface area contributed by atoms with Crippen LogP contribution in [0.5, 0.6) is 0 Å². The van der Waals surface area contributed by atoms with Gasteiger partial charge in [-0.25, -0.2) is 0 Å². The molecule has 53 heavy (non-hydrogen) atoms. The zero-order valence-electron chi connectivity index (χ0n) is 34.6. The minimum atomic E-state index is -0.732. The van der Waals surface area contributed by atoms with E-state index in [-0.39, 0.29) is 47.9 Å². The van der Waals surface area contributed by atoms with E-state index < -0.39 is 18.3 Å². The van der Waals surface area contributed by atoms with E-state index in [0.717, 1.165) is 74.0 Å². The van der Waals surface area contributed by atoms with Gasteiger partial charge in [-0.05, 0) is 111 Å². The second kappa shape index (κ2) is 19.1. The Labute approximate surface area is 323 Å². The molecule has 0 heterocycles. The van der Waals surface area contributed by atoms with E-state index in [1.165, 1.54) is 51.4 Å². The van der Waals surface area contributed by atoms with Gasteiger partial charge in [0.25, 0.3) is 0 Å². The second-order valence-corrected chi connectivity index (χ2v) is 19.7. The minimum Gasteiger partial charge on any atom is -0.462 e. The molecule has 3 N–H and O–H groups in total. The molecule has 13 atom stereocenters. The lowest BCUT2D eigenvalue weighted by Gasteiger charge is -2.58. The Hall–Kier alpha value is -1.50. The first-order valence-corrected chi connectivity index (χ1v) is 22.4. The molecule has 0 aromatic carbocycles. The summed E-state index contributed by atoms with van der Waals surface area (Å²) in [5.74, 6) is 4.15. The molecule has 0 amide bonds. The summed E-state index contributed by atoms with van der Waals surface area (Å²) in [6.07, 6.45) is 24.1. The van der Waals surface area contributed by atoms with Crippen LogP contribution in [0.15, 0.2) is 23.8 Å². The van der Waals surface area contributed by atoms with Crippen molar-refractivity contribution in [3.8, 4) is 0 Å². The SMILES string of the molecule is CCCCC[C@H](O)/C=C/[C@@H]1[C@@H](CC(=O)CCCCC(=O)O[C@H]2CC[C@@]3(C)C(=CC[C@H]4[C@@H]5CC[C@H]([C@H](C)CCCC(C)C)[C@@]5(C)CC[C@@H]43)C2)[C@@H](O)C[C@H]1O. The number of esters is 1. The number of unbranched alkanes of at least 4 members (excludes halogenated alkanes) is 3. The van der Waals surface area contributed by atoms with Crippen molar-refractivity contribution in [1.82, 2.24) is 0 Å². The van der Waals surface area contributed by atoms with Gasteiger partial charge in [-0.1, -0.05) is 104 Å². The largest absolute Gasteiger partial charge is 0.462 e. The van der Waals surface area contributed by atoms with Crippen LogP contribution in [0.25, 0.3) is 0 Å². The summed E-state index contributed by atoms with van der Waals surface area (Å²) in [4.78, 5) is 25.9. The number of carbonyl (C=O) groups excluding carboxylic acids is 2. The van der Waals surface area contributed by atoms with Gasteiger partial charge in [-0.15, -0.1) is 0 Å². The second-order valence-electron chi connectivity index (χ2n) is 19.7. The van der Waals surface area contributed by atoms with Gasteiger partial charge in [0.2, 0.25) is 0 Å². The van der Waals surface area contributed by atoms with Gasteiger partial charge in [-0.2, -0.15) is 0 Å². The summed E-state index contributed by atoms with van der Waals surface area (Å²) in [7, 11) is 0. The molecule has 4 fully saturated rings. The maximum atomic E-state index is 13.0. The number of ketones is 1. The lowest BCUT2D eigenvalue weighted by molar-refractivity contribution is -0.151. The standard InChI is InChI=1S/C47H78O6/c1-7-8-9-15-34(48)19-21-37-39(44(51)30-43(37)50)29-35(49)16-10-11-17-45(52)53-36-24-26-46(5)33(28-36)18-20-38-41-23-22-40(32(4)14-12-13-31(2)3)47(41,6)27-25-42(38)46/h18-19,21,31-32,34,36-44,48,50-51H,7-17,20,22-30H2,1-6H3/b21-19+/t32-,34+,36+,37-,38+,39-,40-,41+,42+,43-,44+,46+,47-/m1/s1. The van der Waals surface area contributed by atoms with Crippen molar-refractivity contribution >= 4 is 11.8 Å². The first-order chi connectivity index (χ1) is 25.3. The summed E-state index contributed by atoms with van der Waals surface area (Å²) < 4.78 is 6.07. The van der Waals surface area contributed by atoms with E-state index >= 15 is 0 Å². The lowest BCUT2D eigenvalue weighted by Crippen LogP contribution is -2.51. The molecule has 5 aliphatic carbocycles. The summed E-state index contributed by atoms with van der Waals surface area (Å²) in [5.41, 5.74) is 2.28. The lowest BCUT2D eigenvalue weighted by atomic mass is 9.47. The molecule has 6 heteroatoms. The number of Topliss-reactive ketones (excluding diaryl/α,β-unsaturated/α-hetero) is 1. The van der Waals surface area contributed by atoms with Crippen molar-refractivity contribution in [2.45, 2.75) is 201 Å². The molecule has 302 valence electrons. The van der Waals surface area contributed by atoms with Crippen molar-refractivity contribution in [3.05, 3.63) is 23.8 Å². The van der Waals surface area contributed by atoms with Gasteiger partial charge in [0.1, 0.15) is 11.9 Å². The highest BCUT2D eigenvalue weighted by molar-refractivity contribution is 5.79. The third-order valence-electron chi connectivity index (χ3n) is 15.7. The zero-order chi connectivity index (χ0) is 38.3. The molecule has 0 aromatic heterocycles. The van der Waals surface area contributed by atoms with E-state index in [9.17, 15) is 24.9 Å². The first-order valence-electron chi connectivity index (χ1n) is 22.4. The molecule has 0 bridgehead atoms. The molecule has 0 radical (unpaired) electrons. The molecule has 0 saturated heterocycles. The van der Waals surface area contributed by atoms with Crippen molar-refractivity contribution in [2.75, 3.05) is 0 Å². The number of allylic oxidation sites excluding steroid dienone is 1. The Morgan fingerprint density at radius 2 is 1.68 bits per heavy atom. The number of aliphatic hydroxyl groups is 3. The van der Waals surface area contributed by atoms with Crippen LogP contribution < -0.4 is 0 Å². The predicted octanol–water partition coefficient (Wildman–Crippen LogP) is 10.3. The Morgan fingerprint density at radius 3 is 2.43 bits per heavy atom. The molecular formula is C47H78O6. The van der Waals surface area contributed by atoms with Gasteiger partial charge in [0.15, 0.2) is 0 Å². The van der Waals surface area contributed by atoms with Crippen LogP contribution in [0.1, 0.15) is 176 Å². The van der Waals surface area contributed by atoms with E-state index in [4.69, 9.17) is 4.74 Å². The molecule has 5 aliphatic rings. The maximum absolute atomic E-state index is 13.0. The Bertz CT molecular complexity index is 1260. The summed E-state index contributed by atoms with van der Waals surface area (Å²) in [6, 6.07) is 0. The van der Waals surface area contributed by atoms with E-state index in [0.29, 0.717) is 37.5 Å². The summed E-state index contributed by atoms with van der Waals surface area (Å²) in [5, 5.41) is 31.4. The number of rotatable bonds is 19. The molecule has 0 unspecified atom stereocenters. The van der Waals surface area contributed by atoms with Gasteiger partial charge in [-0.3, -0.25) is 9.59 Å². The molecular weight excluding hydrogens is 661 g/mol. The Morgan fingerprint density at radius 1 is 0.906 bits per heavy atom. The predicted molar refractivity (Wildman–Crippen MR) is 214 cm³/mol. The molecule has 0 aliphatic heterocycles. The average Bonchev–Trinajstić information content (AvgIpc) is 3.59. The van der Waals surface area contributed by atoms with Gasteiger partial charge in [0.05, 0.1) is 18.3 Å². The fourth-order valence-corrected chi connectivity index (χ4v) is 12.6. The van der Waals surface area contributed by atoms with E-state index in [1.54, 1.807) is 11.6 Å². The van der Waals surface area contributed by atoms with E-state index in [2.05, 4.69) is 47.6 Å². The van der Waals surface area contributed by atoms with E-state index in [1.807, 2.05) is 6.08 Å².